The van der Waals surface area contributed by atoms with Crippen LogP contribution in [0, 0.1) is 0 Å². The van der Waals surface area contributed by atoms with Crippen molar-refractivity contribution in [1.29, 1.82) is 0 Å². The molecule has 1 aliphatic rings. The lowest BCUT2D eigenvalue weighted by Crippen LogP contribution is -2.09. The van der Waals surface area contributed by atoms with Crippen molar-refractivity contribution < 1.29 is 17.7 Å². The molecule has 0 saturated heterocycles. The van der Waals surface area contributed by atoms with Crippen LogP contribution in [0.3, 0.4) is 0 Å². The molecule has 4 rings (SSSR count). The fourth-order valence-electron chi connectivity index (χ4n) is 3.35. The van der Waals surface area contributed by atoms with E-state index in [1.807, 2.05) is 12.1 Å². The molecule has 144 valence electrons. The second-order valence-electron chi connectivity index (χ2n) is 7.07. The Balaban J connectivity index is 1.76. The van der Waals surface area contributed by atoms with Crippen molar-refractivity contribution in [3.8, 4) is 0 Å². The molecule has 1 aromatic heterocycles. The number of rotatable bonds is 6. The van der Waals surface area contributed by atoms with Gasteiger partial charge in [-0.2, -0.15) is 0 Å². The first kappa shape index (κ1) is 19.1. The van der Waals surface area contributed by atoms with E-state index in [1.165, 1.54) is 12.5 Å². The Bertz CT molecular complexity index is 1160. The van der Waals surface area contributed by atoms with Gasteiger partial charge in [0.2, 0.25) is 0 Å². The number of ketones is 1. The Labute approximate surface area is 171 Å². The fraction of sp³-hybridized carbons (Fsp3) is 0.238. The summed E-state index contributed by atoms with van der Waals surface area (Å²) in [7, 11) is -3.37. The molecule has 0 spiro atoms. The lowest BCUT2D eigenvalue weighted by atomic mass is 9.94. The van der Waals surface area contributed by atoms with Gasteiger partial charge in [0.1, 0.15) is 0 Å². The van der Waals surface area contributed by atoms with Gasteiger partial charge in [0, 0.05) is 22.2 Å². The summed E-state index contributed by atoms with van der Waals surface area (Å²) in [6.07, 6.45) is 5.01. The van der Waals surface area contributed by atoms with E-state index in [9.17, 15) is 13.2 Å². The summed E-state index contributed by atoms with van der Waals surface area (Å²) in [6, 6.07) is 12.3. The van der Waals surface area contributed by atoms with Gasteiger partial charge < -0.3 is 4.52 Å². The highest BCUT2D eigenvalue weighted by Crippen LogP contribution is 2.42. The van der Waals surface area contributed by atoms with Crippen molar-refractivity contribution in [3.63, 3.8) is 0 Å². The van der Waals surface area contributed by atoms with E-state index in [1.54, 1.807) is 30.3 Å². The topological polar surface area (TPSA) is 77.2 Å². The van der Waals surface area contributed by atoms with E-state index in [4.69, 9.17) is 4.52 Å². The molecule has 0 unspecified atom stereocenters. The number of carbonyl (C=O) groups is 1. The molecular formula is C21H18BrNO4S. The van der Waals surface area contributed by atoms with Gasteiger partial charge in [-0.05, 0) is 54.7 Å². The maximum absolute atomic E-state index is 13.2. The Morgan fingerprint density at radius 1 is 1.14 bits per heavy atom. The van der Waals surface area contributed by atoms with E-state index < -0.39 is 9.84 Å². The van der Waals surface area contributed by atoms with Crippen LogP contribution in [0.15, 0.2) is 62.6 Å². The van der Waals surface area contributed by atoms with Gasteiger partial charge in [-0.25, -0.2) is 8.42 Å². The highest BCUT2D eigenvalue weighted by molar-refractivity contribution is 9.10. The van der Waals surface area contributed by atoms with Gasteiger partial charge in [0.05, 0.1) is 16.7 Å². The summed E-state index contributed by atoms with van der Waals surface area (Å²) in [5.41, 5.74) is 2.42. The van der Waals surface area contributed by atoms with Gasteiger partial charge in [0.15, 0.2) is 21.4 Å². The summed E-state index contributed by atoms with van der Waals surface area (Å²) >= 11 is 3.45. The minimum Gasteiger partial charge on any atom is -0.360 e. The first-order valence-corrected chi connectivity index (χ1v) is 11.6. The van der Waals surface area contributed by atoms with Crippen LogP contribution >= 0.6 is 15.9 Å². The lowest BCUT2D eigenvalue weighted by Gasteiger charge is -2.12. The third-order valence-corrected chi connectivity index (χ3v) is 6.55. The maximum atomic E-state index is 13.2. The molecule has 0 bridgehead atoms. The first-order valence-electron chi connectivity index (χ1n) is 8.90. The molecule has 0 aliphatic heterocycles. The number of hydrogen-bond acceptors (Lipinski definition) is 5. The fourth-order valence-corrected chi connectivity index (χ4v) is 4.70. The van der Waals surface area contributed by atoms with Gasteiger partial charge in [-0.1, -0.05) is 39.3 Å². The van der Waals surface area contributed by atoms with Crippen molar-refractivity contribution in [3.05, 3.63) is 81.1 Å². The van der Waals surface area contributed by atoms with Crippen LogP contribution in [-0.2, 0) is 16.3 Å². The Kier molecular flexibility index (Phi) is 4.97. The van der Waals surface area contributed by atoms with Crippen molar-refractivity contribution >= 4 is 31.6 Å². The van der Waals surface area contributed by atoms with Gasteiger partial charge in [0.25, 0.3) is 0 Å². The predicted octanol–water partition coefficient (Wildman–Crippen LogP) is 4.54. The Morgan fingerprint density at radius 3 is 2.61 bits per heavy atom. The standard InChI is InChI=1S/C21H18BrNO4S/c1-28(25,26)19-5-3-2-4-14(19)10-15-11-16(22)8-9-17(15)20(24)18-12-23-27-21(18)13-6-7-13/h2-5,8-9,11-13H,6-7,10H2,1H3. The average molecular weight is 460 g/mol. The number of carbonyl (C=O) groups excluding carboxylic acids is 1. The number of halogens is 1. The van der Waals surface area contributed by atoms with Crippen molar-refractivity contribution in [2.45, 2.75) is 30.1 Å². The second-order valence-corrected chi connectivity index (χ2v) is 9.97. The molecule has 2 aromatic carbocycles. The molecule has 0 atom stereocenters. The van der Waals surface area contributed by atoms with Gasteiger partial charge >= 0.3 is 0 Å². The monoisotopic (exact) mass is 459 g/mol. The first-order chi connectivity index (χ1) is 13.3. The highest BCUT2D eigenvalue weighted by atomic mass is 79.9. The SMILES string of the molecule is CS(=O)(=O)c1ccccc1Cc1cc(Br)ccc1C(=O)c1cnoc1C1CC1. The van der Waals surface area contributed by atoms with E-state index >= 15 is 0 Å². The molecule has 1 fully saturated rings. The molecule has 0 radical (unpaired) electrons. The number of sulfone groups is 1. The molecular weight excluding hydrogens is 442 g/mol. The van der Waals surface area contributed by atoms with E-state index in [0.29, 0.717) is 28.9 Å². The Hall–Kier alpha value is -2.25. The largest absolute Gasteiger partial charge is 0.360 e. The molecule has 0 amide bonds. The van der Waals surface area contributed by atoms with Gasteiger partial charge in [-0.3, -0.25) is 4.79 Å². The van der Waals surface area contributed by atoms with Crippen LogP contribution in [-0.4, -0.2) is 25.6 Å². The van der Waals surface area contributed by atoms with E-state index in [-0.39, 0.29) is 16.6 Å². The average Bonchev–Trinajstić information content (AvgIpc) is 3.37. The Morgan fingerprint density at radius 2 is 1.89 bits per heavy atom. The number of aromatic nitrogens is 1. The number of hydrogen-bond donors (Lipinski definition) is 0. The van der Waals surface area contributed by atoms with Crippen LogP contribution in [0.2, 0.25) is 0 Å². The zero-order valence-corrected chi connectivity index (χ0v) is 17.6. The third-order valence-electron chi connectivity index (χ3n) is 4.86. The molecule has 1 saturated carbocycles. The smallest absolute Gasteiger partial charge is 0.198 e. The summed E-state index contributed by atoms with van der Waals surface area (Å²) in [6.45, 7) is 0. The van der Waals surface area contributed by atoms with Crippen LogP contribution < -0.4 is 0 Å². The summed E-state index contributed by atoms with van der Waals surface area (Å²) < 4.78 is 30.4. The minimum atomic E-state index is -3.37. The number of nitrogens with zero attached hydrogens (tertiary/aromatic N) is 1. The third kappa shape index (κ3) is 3.82. The number of benzene rings is 2. The molecule has 0 N–H and O–H groups in total. The van der Waals surface area contributed by atoms with Crippen LogP contribution in [0.1, 0.15) is 51.6 Å². The van der Waals surface area contributed by atoms with Crippen LogP contribution in [0.5, 0.6) is 0 Å². The summed E-state index contributed by atoms with van der Waals surface area (Å²) in [4.78, 5) is 13.5. The quantitative estimate of drug-likeness (QED) is 0.505. The van der Waals surface area contributed by atoms with E-state index in [2.05, 4.69) is 21.1 Å². The lowest BCUT2D eigenvalue weighted by molar-refractivity contribution is 0.103. The minimum absolute atomic E-state index is 0.150. The molecule has 7 heteroatoms. The van der Waals surface area contributed by atoms with Gasteiger partial charge in [-0.15, -0.1) is 0 Å². The highest BCUT2D eigenvalue weighted by Gasteiger charge is 2.33. The molecule has 28 heavy (non-hydrogen) atoms. The van der Waals surface area contributed by atoms with Crippen molar-refractivity contribution in [1.82, 2.24) is 5.16 Å². The maximum Gasteiger partial charge on any atom is 0.198 e. The van der Waals surface area contributed by atoms with Crippen molar-refractivity contribution in [2.24, 2.45) is 0 Å². The summed E-state index contributed by atoms with van der Waals surface area (Å²) in [5, 5.41) is 3.82. The molecule has 3 aromatic rings. The molecule has 5 nitrogen and oxygen atoms in total. The van der Waals surface area contributed by atoms with Crippen LogP contribution in [0.25, 0.3) is 0 Å². The molecule has 1 heterocycles. The zero-order chi connectivity index (χ0) is 19.9. The zero-order valence-electron chi connectivity index (χ0n) is 15.2. The van der Waals surface area contributed by atoms with Crippen molar-refractivity contribution in [2.75, 3.05) is 6.26 Å². The summed E-state index contributed by atoms with van der Waals surface area (Å²) in [5.74, 6) is 0.768. The normalized spacial score (nSPS) is 14.2. The van der Waals surface area contributed by atoms with E-state index in [0.717, 1.165) is 22.9 Å². The van der Waals surface area contributed by atoms with Crippen LogP contribution in [0.4, 0.5) is 0 Å². The second kappa shape index (κ2) is 7.29. The molecule has 1 aliphatic carbocycles. The predicted molar refractivity (Wildman–Crippen MR) is 108 cm³/mol.